The molecule has 3 heteroatoms. The SMILES string of the molecule is CCCOCC(=O)c1ccc(C)c(Br)c1. The van der Waals surface area contributed by atoms with Crippen LogP contribution in [0.4, 0.5) is 0 Å². The largest absolute Gasteiger partial charge is 0.373 e. The molecule has 0 N–H and O–H groups in total. The van der Waals surface area contributed by atoms with Crippen LogP contribution >= 0.6 is 15.9 Å². The van der Waals surface area contributed by atoms with E-state index in [2.05, 4.69) is 15.9 Å². The molecule has 0 bridgehead atoms. The molecule has 15 heavy (non-hydrogen) atoms. The van der Waals surface area contributed by atoms with Crippen LogP contribution < -0.4 is 0 Å². The van der Waals surface area contributed by atoms with E-state index in [0.29, 0.717) is 12.2 Å². The molecule has 0 heterocycles. The van der Waals surface area contributed by atoms with Gasteiger partial charge < -0.3 is 4.74 Å². The minimum absolute atomic E-state index is 0.0316. The van der Waals surface area contributed by atoms with Crippen LogP contribution in [0.25, 0.3) is 0 Å². The molecular weight excluding hydrogens is 256 g/mol. The van der Waals surface area contributed by atoms with Crippen LogP contribution in [0.15, 0.2) is 22.7 Å². The van der Waals surface area contributed by atoms with Crippen LogP contribution in [-0.4, -0.2) is 19.0 Å². The van der Waals surface area contributed by atoms with Crippen LogP contribution in [0.1, 0.15) is 29.3 Å². The fraction of sp³-hybridized carbons (Fsp3) is 0.417. The van der Waals surface area contributed by atoms with Crippen LogP contribution in [0.2, 0.25) is 0 Å². The summed E-state index contributed by atoms with van der Waals surface area (Å²) in [6.07, 6.45) is 0.935. The van der Waals surface area contributed by atoms with Crippen molar-refractivity contribution in [1.82, 2.24) is 0 Å². The Morgan fingerprint density at radius 3 is 2.80 bits per heavy atom. The van der Waals surface area contributed by atoms with E-state index in [9.17, 15) is 4.79 Å². The van der Waals surface area contributed by atoms with Gasteiger partial charge in [0.15, 0.2) is 5.78 Å². The minimum atomic E-state index is 0.0316. The van der Waals surface area contributed by atoms with E-state index in [4.69, 9.17) is 4.74 Å². The quantitative estimate of drug-likeness (QED) is 0.606. The van der Waals surface area contributed by atoms with Crippen molar-refractivity contribution in [3.05, 3.63) is 33.8 Å². The molecule has 0 saturated carbocycles. The first-order chi connectivity index (χ1) is 7.15. The molecule has 0 spiro atoms. The van der Waals surface area contributed by atoms with Crippen molar-refractivity contribution in [2.24, 2.45) is 0 Å². The Kier molecular flexibility index (Phi) is 4.99. The molecule has 0 aromatic heterocycles. The van der Waals surface area contributed by atoms with Crippen molar-refractivity contribution >= 4 is 21.7 Å². The molecule has 0 fully saturated rings. The second-order valence-corrected chi connectivity index (χ2v) is 4.29. The van der Waals surface area contributed by atoms with Crippen molar-refractivity contribution in [1.29, 1.82) is 0 Å². The Morgan fingerprint density at radius 1 is 1.47 bits per heavy atom. The second kappa shape index (κ2) is 6.03. The molecule has 0 saturated heterocycles. The van der Waals surface area contributed by atoms with E-state index in [1.165, 1.54) is 0 Å². The summed E-state index contributed by atoms with van der Waals surface area (Å²) in [4.78, 5) is 11.6. The highest BCUT2D eigenvalue weighted by atomic mass is 79.9. The van der Waals surface area contributed by atoms with E-state index in [1.54, 1.807) is 0 Å². The summed E-state index contributed by atoms with van der Waals surface area (Å²) in [5, 5.41) is 0. The smallest absolute Gasteiger partial charge is 0.188 e. The summed E-state index contributed by atoms with van der Waals surface area (Å²) in [5.41, 5.74) is 1.82. The molecule has 2 nitrogen and oxygen atoms in total. The van der Waals surface area contributed by atoms with Crippen molar-refractivity contribution < 1.29 is 9.53 Å². The molecule has 82 valence electrons. The highest BCUT2D eigenvalue weighted by Crippen LogP contribution is 2.17. The lowest BCUT2D eigenvalue weighted by molar-refractivity contribution is 0.0761. The van der Waals surface area contributed by atoms with Gasteiger partial charge in [-0.15, -0.1) is 0 Å². The number of hydrogen-bond acceptors (Lipinski definition) is 2. The fourth-order valence-corrected chi connectivity index (χ4v) is 1.54. The number of ether oxygens (including phenoxy) is 1. The summed E-state index contributed by atoms with van der Waals surface area (Å²) < 4.78 is 6.17. The molecule has 0 aliphatic carbocycles. The third kappa shape index (κ3) is 3.76. The first kappa shape index (κ1) is 12.4. The molecule has 0 aliphatic rings. The number of ketones is 1. The fourth-order valence-electron chi connectivity index (χ4n) is 1.16. The van der Waals surface area contributed by atoms with Gasteiger partial charge in [0.05, 0.1) is 0 Å². The maximum absolute atomic E-state index is 11.6. The normalized spacial score (nSPS) is 10.3. The summed E-state index contributed by atoms with van der Waals surface area (Å²) >= 11 is 3.40. The summed E-state index contributed by atoms with van der Waals surface area (Å²) in [7, 11) is 0. The van der Waals surface area contributed by atoms with Gasteiger partial charge in [-0.1, -0.05) is 35.0 Å². The van der Waals surface area contributed by atoms with Crippen molar-refractivity contribution in [2.45, 2.75) is 20.3 Å². The molecule has 0 amide bonds. The molecule has 0 aliphatic heterocycles. The van der Waals surface area contributed by atoms with Gasteiger partial charge in [-0.25, -0.2) is 0 Å². The maximum Gasteiger partial charge on any atom is 0.188 e. The zero-order chi connectivity index (χ0) is 11.3. The number of carbonyl (C=O) groups is 1. The average Bonchev–Trinajstić information content (AvgIpc) is 2.22. The zero-order valence-corrected chi connectivity index (χ0v) is 10.6. The number of rotatable bonds is 5. The van der Waals surface area contributed by atoms with E-state index in [0.717, 1.165) is 16.5 Å². The van der Waals surface area contributed by atoms with E-state index >= 15 is 0 Å². The van der Waals surface area contributed by atoms with Crippen molar-refractivity contribution in [3.63, 3.8) is 0 Å². The van der Waals surface area contributed by atoms with E-state index in [-0.39, 0.29) is 12.4 Å². The monoisotopic (exact) mass is 270 g/mol. The molecule has 0 unspecified atom stereocenters. The standard InChI is InChI=1S/C12H15BrO2/c1-3-6-15-8-12(14)10-5-4-9(2)11(13)7-10/h4-5,7H,3,6,8H2,1-2H3. The number of Topliss-reactive ketones (excluding diaryl/α,β-unsaturated/α-hetero) is 1. The Morgan fingerprint density at radius 2 is 2.20 bits per heavy atom. The van der Waals surface area contributed by atoms with Crippen LogP contribution in [0.3, 0.4) is 0 Å². The summed E-state index contributed by atoms with van der Waals surface area (Å²) in [6.45, 7) is 4.82. The van der Waals surface area contributed by atoms with Gasteiger partial charge in [0.1, 0.15) is 6.61 Å². The van der Waals surface area contributed by atoms with Crippen molar-refractivity contribution in [3.8, 4) is 0 Å². The molecule has 1 aromatic carbocycles. The molecule has 1 rings (SSSR count). The van der Waals surface area contributed by atoms with Crippen LogP contribution in [0.5, 0.6) is 0 Å². The minimum Gasteiger partial charge on any atom is -0.373 e. The van der Waals surface area contributed by atoms with E-state index in [1.807, 2.05) is 32.0 Å². The third-order valence-corrected chi connectivity index (χ3v) is 2.93. The van der Waals surface area contributed by atoms with Gasteiger partial charge in [0.2, 0.25) is 0 Å². The highest BCUT2D eigenvalue weighted by molar-refractivity contribution is 9.10. The highest BCUT2D eigenvalue weighted by Gasteiger charge is 2.06. The summed E-state index contributed by atoms with van der Waals surface area (Å²) in [5.74, 6) is 0.0316. The van der Waals surface area contributed by atoms with Crippen LogP contribution in [-0.2, 0) is 4.74 Å². The predicted octanol–water partition coefficient (Wildman–Crippen LogP) is 3.37. The molecular formula is C12H15BrO2. The number of aryl methyl sites for hydroxylation is 1. The van der Waals surface area contributed by atoms with Gasteiger partial charge in [0.25, 0.3) is 0 Å². The summed E-state index contributed by atoms with van der Waals surface area (Å²) in [6, 6.07) is 5.60. The van der Waals surface area contributed by atoms with Gasteiger partial charge >= 0.3 is 0 Å². The zero-order valence-electron chi connectivity index (χ0n) is 9.05. The molecule has 0 radical (unpaired) electrons. The Bertz CT molecular complexity index is 347. The lowest BCUT2D eigenvalue weighted by atomic mass is 10.1. The maximum atomic E-state index is 11.6. The van der Waals surface area contributed by atoms with Crippen molar-refractivity contribution in [2.75, 3.05) is 13.2 Å². The number of halogens is 1. The number of hydrogen-bond donors (Lipinski definition) is 0. The Labute approximate surface area is 98.8 Å². The average molecular weight is 271 g/mol. The molecule has 0 atom stereocenters. The van der Waals surface area contributed by atoms with Gasteiger partial charge in [-0.05, 0) is 25.0 Å². The third-order valence-electron chi connectivity index (χ3n) is 2.08. The first-order valence-corrected chi connectivity index (χ1v) is 5.81. The first-order valence-electron chi connectivity index (χ1n) is 5.02. The van der Waals surface area contributed by atoms with Crippen LogP contribution in [0, 0.1) is 6.92 Å². The van der Waals surface area contributed by atoms with Gasteiger partial charge in [-0.2, -0.15) is 0 Å². The van der Waals surface area contributed by atoms with Gasteiger partial charge in [-0.3, -0.25) is 4.79 Å². The Hall–Kier alpha value is -0.670. The topological polar surface area (TPSA) is 26.3 Å². The lowest BCUT2D eigenvalue weighted by Gasteiger charge is -2.04. The van der Waals surface area contributed by atoms with Gasteiger partial charge in [0, 0.05) is 16.6 Å². The number of carbonyl (C=O) groups excluding carboxylic acids is 1. The second-order valence-electron chi connectivity index (χ2n) is 3.44. The predicted molar refractivity (Wildman–Crippen MR) is 64.3 cm³/mol. The number of benzene rings is 1. The molecule has 1 aromatic rings. The van der Waals surface area contributed by atoms with E-state index < -0.39 is 0 Å². The Balaban J connectivity index is 2.62. The lowest BCUT2D eigenvalue weighted by Crippen LogP contribution is -2.09.